The van der Waals surface area contributed by atoms with Crippen molar-refractivity contribution in [3.63, 3.8) is 0 Å². The molecule has 0 aliphatic carbocycles. The fraction of sp³-hybridized carbons (Fsp3) is 0.818. The van der Waals surface area contributed by atoms with Gasteiger partial charge in [0.25, 0.3) is 0 Å². The molecule has 2 heterocycles. The number of carboxylic acids is 1. The van der Waals surface area contributed by atoms with Crippen molar-refractivity contribution in [2.75, 3.05) is 26.8 Å². The van der Waals surface area contributed by atoms with E-state index in [0.29, 0.717) is 13.2 Å². The van der Waals surface area contributed by atoms with E-state index in [4.69, 9.17) is 9.84 Å². The third-order valence-corrected chi connectivity index (χ3v) is 3.56. The topological polar surface area (TPSA) is 90.3 Å². The van der Waals surface area contributed by atoms with Crippen molar-refractivity contribution in [3.05, 3.63) is 0 Å². The summed E-state index contributed by atoms with van der Waals surface area (Å²) < 4.78 is 5.21. The number of urea groups is 1. The van der Waals surface area contributed by atoms with Crippen molar-refractivity contribution in [1.82, 2.24) is 9.80 Å². The molecule has 2 rings (SSSR count). The first-order valence-electron chi connectivity index (χ1n) is 6.02. The Labute approximate surface area is 105 Å². The first kappa shape index (κ1) is 13.1. The molecule has 0 radical (unpaired) electrons. The van der Waals surface area contributed by atoms with Crippen molar-refractivity contribution >= 4 is 12.0 Å². The summed E-state index contributed by atoms with van der Waals surface area (Å²) in [7, 11) is 1.64. The predicted molar refractivity (Wildman–Crippen MR) is 61.1 cm³/mol. The number of aliphatic hydroxyl groups is 1. The Hall–Kier alpha value is -1.34. The molecule has 18 heavy (non-hydrogen) atoms. The third kappa shape index (κ3) is 2.41. The summed E-state index contributed by atoms with van der Waals surface area (Å²) in [6.07, 6.45) is 0.0928. The number of nitrogens with zero attached hydrogens (tertiary/aromatic N) is 2. The van der Waals surface area contributed by atoms with E-state index < -0.39 is 18.1 Å². The second-order valence-electron chi connectivity index (χ2n) is 4.81. The molecule has 102 valence electrons. The zero-order valence-electron chi connectivity index (χ0n) is 10.3. The molecule has 2 saturated heterocycles. The van der Waals surface area contributed by atoms with Gasteiger partial charge in [-0.25, -0.2) is 9.59 Å². The molecular formula is C11H18N2O5. The highest BCUT2D eigenvalue weighted by Gasteiger charge is 2.41. The number of likely N-dealkylation sites (N-methyl/N-ethyl adjacent to an activating group) is 1. The first-order valence-corrected chi connectivity index (χ1v) is 6.02. The summed E-state index contributed by atoms with van der Waals surface area (Å²) in [5.74, 6) is -1.07. The summed E-state index contributed by atoms with van der Waals surface area (Å²) in [6, 6.07) is -1.29. The van der Waals surface area contributed by atoms with Crippen LogP contribution in [-0.2, 0) is 9.53 Å². The number of aliphatic hydroxyl groups excluding tert-OH is 1. The quantitative estimate of drug-likeness (QED) is 0.686. The minimum absolute atomic E-state index is 0.00955. The molecule has 0 aromatic rings. The molecule has 7 heteroatoms. The van der Waals surface area contributed by atoms with Crippen LogP contribution in [0, 0.1) is 0 Å². The lowest BCUT2D eigenvalue weighted by Crippen LogP contribution is -2.50. The Balaban J connectivity index is 2.04. The summed E-state index contributed by atoms with van der Waals surface area (Å²) in [4.78, 5) is 26.0. The number of aliphatic carboxylic acids is 1. The molecule has 2 amide bonds. The minimum Gasteiger partial charge on any atom is -0.480 e. The monoisotopic (exact) mass is 258 g/mol. The highest BCUT2D eigenvalue weighted by atomic mass is 16.5. The van der Waals surface area contributed by atoms with Gasteiger partial charge in [0, 0.05) is 26.6 Å². The van der Waals surface area contributed by atoms with Crippen LogP contribution in [-0.4, -0.2) is 77.0 Å². The van der Waals surface area contributed by atoms with Crippen LogP contribution in [0.25, 0.3) is 0 Å². The van der Waals surface area contributed by atoms with Crippen molar-refractivity contribution in [1.29, 1.82) is 0 Å². The molecule has 1 unspecified atom stereocenters. The van der Waals surface area contributed by atoms with E-state index in [1.165, 1.54) is 9.80 Å². The van der Waals surface area contributed by atoms with Gasteiger partial charge in [0.2, 0.25) is 0 Å². The molecule has 2 N–H and O–H groups in total. The lowest BCUT2D eigenvalue weighted by Gasteiger charge is -2.30. The fourth-order valence-electron chi connectivity index (χ4n) is 2.45. The van der Waals surface area contributed by atoms with Crippen LogP contribution in [0.15, 0.2) is 0 Å². The Morgan fingerprint density at radius 1 is 1.44 bits per heavy atom. The van der Waals surface area contributed by atoms with Crippen LogP contribution in [0.4, 0.5) is 4.79 Å². The van der Waals surface area contributed by atoms with E-state index in [-0.39, 0.29) is 25.0 Å². The van der Waals surface area contributed by atoms with E-state index in [0.717, 1.165) is 6.42 Å². The van der Waals surface area contributed by atoms with Crippen LogP contribution in [0.1, 0.15) is 12.8 Å². The standard InChI is InChI=1S/C11H18N2O5/c1-12(7-2-3-18-6-7)11(17)13-5-8(14)4-9(13)10(15)16/h7-9,14H,2-6H2,1H3,(H,15,16)/t7?,8-,9+/m1/s1. The van der Waals surface area contributed by atoms with Gasteiger partial charge in [-0.05, 0) is 6.42 Å². The Morgan fingerprint density at radius 3 is 2.72 bits per heavy atom. The van der Waals surface area contributed by atoms with Gasteiger partial charge in [-0.15, -0.1) is 0 Å². The molecule has 0 aromatic carbocycles. The average molecular weight is 258 g/mol. The molecule has 2 aliphatic heterocycles. The van der Waals surface area contributed by atoms with E-state index in [1.54, 1.807) is 7.05 Å². The van der Waals surface area contributed by atoms with Gasteiger partial charge in [0.15, 0.2) is 0 Å². The van der Waals surface area contributed by atoms with Gasteiger partial charge in [-0.1, -0.05) is 0 Å². The van der Waals surface area contributed by atoms with Gasteiger partial charge in [-0.3, -0.25) is 0 Å². The number of ether oxygens (including phenoxy) is 1. The number of likely N-dealkylation sites (tertiary alicyclic amines) is 1. The molecule has 0 aromatic heterocycles. The molecule has 2 fully saturated rings. The molecule has 7 nitrogen and oxygen atoms in total. The highest BCUT2D eigenvalue weighted by Crippen LogP contribution is 2.21. The SMILES string of the molecule is CN(C(=O)N1C[C@H](O)C[C@H]1C(=O)O)C1CCOC1. The number of rotatable bonds is 2. The lowest BCUT2D eigenvalue weighted by molar-refractivity contribution is -0.141. The molecular weight excluding hydrogens is 240 g/mol. The number of carbonyl (C=O) groups is 2. The van der Waals surface area contributed by atoms with Gasteiger partial charge in [0.05, 0.1) is 18.8 Å². The summed E-state index contributed by atoms with van der Waals surface area (Å²) in [5.41, 5.74) is 0. The maximum atomic E-state index is 12.2. The normalized spacial score (nSPS) is 31.7. The second kappa shape index (κ2) is 5.11. The number of carboxylic acid groups (broad SMARTS) is 1. The lowest BCUT2D eigenvalue weighted by atomic mass is 10.2. The highest BCUT2D eigenvalue weighted by molar-refractivity contribution is 5.83. The second-order valence-corrected chi connectivity index (χ2v) is 4.81. The average Bonchev–Trinajstić information content (AvgIpc) is 2.95. The van der Waals surface area contributed by atoms with E-state index in [9.17, 15) is 14.7 Å². The van der Waals surface area contributed by atoms with E-state index in [2.05, 4.69) is 0 Å². The van der Waals surface area contributed by atoms with E-state index >= 15 is 0 Å². The Morgan fingerprint density at radius 2 is 2.17 bits per heavy atom. The Kier molecular flexibility index (Phi) is 3.72. The van der Waals surface area contributed by atoms with Crippen molar-refractivity contribution in [3.8, 4) is 0 Å². The number of carbonyl (C=O) groups excluding carboxylic acids is 1. The largest absolute Gasteiger partial charge is 0.480 e. The van der Waals surface area contributed by atoms with Crippen LogP contribution >= 0.6 is 0 Å². The Bertz CT molecular complexity index is 342. The van der Waals surface area contributed by atoms with Gasteiger partial charge < -0.3 is 24.7 Å². The van der Waals surface area contributed by atoms with Crippen molar-refractivity contribution in [2.45, 2.75) is 31.0 Å². The van der Waals surface area contributed by atoms with Gasteiger partial charge >= 0.3 is 12.0 Å². The van der Waals surface area contributed by atoms with Crippen LogP contribution in [0.2, 0.25) is 0 Å². The predicted octanol–water partition coefficient (Wildman–Crippen LogP) is -0.653. The summed E-state index contributed by atoms with van der Waals surface area (Å²) in [5, 5.41) is 18.6. The fourth-order valence-corrected chi connectivity index (χ4v) is 2.45. The maximum absolute atomic E-state index is 12.2. The van der Waals surface area contributed by atoms with Crippen LogP contribution in [0.5, 0.6) is 0 Å². The molecule has 3 atom stereocenters. The molecule has 0 bridgehead atoms. The molecule has 0 saturated carbocycles. The minimum atomic E-state index is -1.07. The van der Waals surface area contributed by atoms with Crippen LogP contribution < -0.4 is 0 Å². The van der Waals surface area contributed by atoms with Crippen LogP contribution in [0.3, 0.4) is 0 Å². The summed E-state index contributed by atoms with van der Waals surface area (Å²) in [6.45, 7) is 1.18. The number of hydrogen-bond acceptors (Lipinski definition) is 4. The van der Waals surface area contributed by atoms with Crippen molar-refractivity contribution < 1.29 is 24.5 Å². The number of amides is 2. The molecule has 0 spiro atoms. The van der Waals surface area contributed by atoms with Gasteiger partial charge in [-0.2, -0.15) is 0 Å². The smallest absolute Gasteiger partial charge is 0.326 e. The van der Waals surface area contributed by atoms with Gasteiger partial charge in [0.1, 0.15) is 6.04 Å². The van der Waals surface area contributed by atoms with E-state index in [1.807, 2.05) is 0 Å². The number of β-amino-alcohol motifs (C(OH)–C–C–N with tert-alkyl or cyclic N) is 1. The zero-order valence-corrected chi connectivity index (χ0v) is 10.3. The first-order chi connectivity index (χ1) is 8.50. The third-order valence-electron chi connectivity index (χ3n) is 3.56. The summed E-state index contributed by atoms with van der Waals surface area (Å²) >= 11 is 0. The maximum Gasteiger partial charge on any atom is 0.326 e. The molecule has 2 aliphatic rings. The number of hydrogen-bond donors (Lipinski definition) is 2. The van der Waals surface area contributed by atoms with Crippen molar-refractivity contribution in [2.24, 2.45) is 0 Å². The zero-order chi connectivity index (χ0) is 13.3.